The van der Waals surface area contributed by atoms with E-state index >= 15 is 0 Å². The Bertz CT molecular complexity index is 544. The molecule has 120 valence electrons. The molecule has 21 heavy (non-hydrogen) atoms. The summed E-state index contributed by atoms with van der Waals surface area (Å²) in [6.45, 7) is 9.59. The van der Waals surface area contributed by atoms with E-state index in [1.165, 1.54) is 12.1 Å². The third-order valence-corrected chi connectivity index (χ3v) is 3.97. The second-order valence-corrected chi connectivity index (χ2v) is 7.14. The van der Waals surface area contributed by atoms with Crippen molar-refractivity contribution in [1.29, 1.82) is 0 Å². The number of hydrogen-bond acceptors (Lipinski definition) is 4. The molecule has 0 unspecified atom stereocenters. The van der Waals surface area contributed by atoms with Gasteiger partial charge in [0.25, 0.3) is 0 Å². The molecule has 6 heteroatoms. The van der Waals surface area contributed by atoms with Gasteiger partial charge in [0.2, 0.25) is 10.0 Å². The first-order valence-electron chi connectivity index (χ1n) is 7.06. The lowest BCUT2D eigenvalue weighted by Gasteiger charge is -2.14. The molecule has 5 nitrogen and oxygen atoms in total. The average molecular weight is 315 g/mol. The number of sulfonamides is 1. The number of rotatable bonds is 8. The van der Waals surface area contributed by atoms with Gasteiger partial charge in [-0.3, -0.25) is 0 Å². The van der Waals surface area contributed by atoms with Crippen molar-refractivity contribution in [2.75, 3.05) is 19.8 Å². The molecule has 0 aromatic heterocycles. The van der Waals surface area contributed by atoms with Crippen molar-refractivity contribution in [3.05, 3.63) is 23.3 Å². The Morgan fingerprint density at radius 3 is 2.14 bits per heavy atom. The maximum Gasteiger partial charge on any atom is 0.238 e. The molecule has 0 radical (unpaired) electrons. The summed E-state index contributed by atoms with van der Waals surface area (Å²) in [5.74, 6) is 1.32. The molecule has 0 aliphatic rings. The number of hydrogen-bond donors (Lipinski definition) is 1. The van der Waals surface area contributed by atoms with Crippen LogP contribution in [0.1, 0.15) is 31.4 Å². The molecule has 1 aromatic rings. The zero-order valence-corrected chi connectivity index (χ0v) is 14.0. The Kier molecular flexibility index (Phi) is 6.64. The molecule has 0 spiro atoms. The fourth-order valence-electron chi connectivity index (χ4n) is 1.93. The van der Waals surface area contributed by atoms with Crippen LogP contribution in [0.15, 0.2) is 17.0 Å². The second kappa shape index (κ2) is 7.77. The first-order chi connectivity index (χ1) is 9.71. The predicted molar refractivity (Wildman–Crippen MR) is 83.1 cm³/mol. The van der Waals surface area contributed by atoms with E-state index in [9.17, 15) is 8.42 Å². The van der Waals surface area contributed by atoms with Crippen LogP contribution in [0.25, 0.3) is 0 Å². The molecule has 0 atom stereocenters. The summed E-state index contributed by atoms with van der Waals surface area (Å²) >= 11 is 0. The summed E-state index contributed by atoms with van der Waals surface area (Å²) in [5.41, 5.74) is 1.50. The third-order valence-electron chi connectivity index (χ3n) is 3.08. The maximum absolute atomic E-state index is 11.4. The number of ether oxygens (including phenoxy) is 2. The topological polar surface area (TPSA) is 78.6 Å². The third kappa shape index (κ3) is 6.03. The van der Waals surface area contributed by atoms with Crippen LogP contribution in [0.3, 0.4) is 0 Å². The highest BCUT2D eigenvalue weighted by atomic mass is 32.2. The van der Waals surface area contributed by atoms with E-state index in [1.54, 1.807) is 13.8 Å². The molecular weight excluding hydrogens is 290 g/mol. The van der Waals surface area contributed by atoms with Gasteiger partial charge in [0.05, 0.1) is 11.5 Å². The minimum Gasteiger partial charge on any atom is -0.491 e. The smallest absolute Gasteiger partial charge is 0.238 e. The van der Waals surface area contributed by atoms with E-state index in [-0.39, 0.29) is 4.90 Å². The minimum atomic E-state index is -3.69. The van der Waals surface area contributed by atoms with E-state index < -0.39 is 10.0 Å². The first kappa shape index (κ1) is 17.9. The Labute approximate surface area is 127 Å². The molecule has 1 aromatic carbocycles. The Hall–Kier alpha value is -1.11. The molecule has 0 fully saturated rings. The van der Waals surface area contributed by atoms with Gasteiger partial charge in [-0.1, -0.05) is 13.8 Å². The van der Waals surface area contributed by atoms with E-state index in [4.69, 9.17) is 14.6 Å². The molecule has 2 N–H and O–H groups in total. The highest BCUT2D eigenvalue weighted by Crippen LogP contribution is 2.26. The van der Waals surface area contributed by atoms with Gasteiger partial charge < -0.3 is 9.47 Å². The van der Waals surface area contributed by atoms with Crippen LogP contribution in [0.2, 0.25) is 0 Å². The van der Waals surface area contributed by atoms with Gasteiger partial charge in [0.15, 0.2) is 0 Å². The maximum atomic E-state index is 11.4. The average Bonchev–Trinajstić information content (AvgIpc) is 2.34. The van der Waals surface area contributed by atoms with Crippen LogP contribution in [-0.2, 0) is 14.8 Å². The molecule has 0 bridgehead atoms. The Balaban J connectivity index is 2.57. The van der Waals surface area contributed by atoms with Crippen LogP contribution in [0.5, 0.6) is 5.75 Å². The van der Waals surface area contributed by atoms with E-state index in [0.29, 0.717) is 24.9 Å². The monoisotopic (exact) mass is 315 g/mol. The van der Waals surface area contributed by atoms with Crippen molar-refractivity contribution in [3.63, 3.8) is 0 Å². The summed E-state index contributed by atoms with van der Waals surface area (Å²) in [5, 5.41) is 5.14. The molecule has 0 saturated heterocycles. The molecule has 0 amide bonds. The molecule has 1 rings (SSSR count). The lowest BCUT2D eigenvalue weighted by Crippen LogP contribution is -2.14. The van der Waals surface area contributed by atoms with Crippen molar-refractivity contribution >= 4 is 10.0 Å². The highest BCUT2D eigenvalue weighted by Gasteiger charge is 2.13. The normalized spacial score (nSPS) is 11.9. The fraction of sp³-hybridized carbons (Fsp3) is 0.600. The lowest BCUT2D eigenvalue weighted by molar-refractivity contribution is 0.0921. The highest BCUT2D eigenvalue weighted by molar-refractivity contribution is 7.89. The quantitative estimate of drug-likeness (QED) is 0.747. The number of primary sulfonamides is 1. The van der Waals surface area contributed by atoms with Gasteiger partial charge >= 0.3 is 0 Å². The molecular formula is C15H25NO4S. The Morgan fingerprint density at radius 2 is 1.67 bits per heavy atom. The van der Waals surface area contributed by atoms with Crippen LogP contribution in [0.4, 0.5) is 0 Å². The largest absolute Gasteiger partial charge is 0.491 e. The summed E-state index contributed by atoms with van der Waals surface area (Å²) in [6.07, 6.45) is 1.03. The van der Waals surface area contributed by atoms with Gasteiger partial charge in [0.1, 0.15) is 12.4 Å². The Morgan fingerprint density at radius 1 is 1.10 bits per heavy atom. The van der Waals surface area contributed by atoms with E-state index in [0.717, 1.165) is 24.2 Å². The standard InChI is InChI=1S/C15H25NO4S/c1-11(2)5-6-19-7-8-20-15-12(3)9-14(10-13(15)4)21(16,17)18/h9-11H,5-8H2,1-4H3,(H2,16,17,18). The van der Waals surface area contributed by atoms with Crippen molar-refractivity contribution < 1.29 is 17.9 Å². The summed E-state index contributed by atoms with van der Waals surface area (Å²) in [4.78, 5) is 0.109. The number of benzene rings is 1. The van der Waals surface area contributed by atoms with Crippen LogP contribution in [-0.4, -0.2) is 28.2 Å². The number of nitrogens with two attached hydrogens (primary N) is 1. The minimum absolute atomic E-state index is 0.109. The van der Waals surface area contributed by atoms with Crippen LogP contribution < -0.4 is 9.88 Å². The lowest BCUT2D eigenvalue weighted by atomic mass is 10.1. The van der Waals surface area contributed by atoms with Crippen LogP contribution >= 0.6 is 0 Å². The van der Waals surface area contributed by atoms with Crippen molar-refractivity contribution in [2.45, 2.75) is 39.0 Å². The molecule has 0 aliphatic heterocycles. The van der Waals surface area contributed by atoms with Crippen LogP contribution in [0, 0.1) is 19.8 Å². The summed E-state index contributed by atoms with van der Waals surface area (Å²) < 4.78 is 33.9. The van der Waals surface area contributed by atoms with Crippen molar-refractivity contribution in [2.24, 2.45) is 11.1 Å². The fourth-order valence-corrected chi connectivity index (χ4v) is 2.61. The first-order valence-corrected chi connectivity index (χ1v) is 8.61. The van der Waals surface area contributed by atoms with E-state index in [1.807, 2.05) is 0 Å². The van der Waals surface area contributed by atoms with Gasteiger partial charge in [-0.05, 0) is 49.4 Å². The van der Waals surface area contributed by atoms with Gasteiger partial charge in [-0.25, -0.2) is 13.6 Å². The molecule has 0 heterocycles. The molecule has 0 aliphatic carbocycles. The van der Waals surface area contributed by atoms with E-state index in [2.05, 4.69) is 13.8 Å². The second-order valence-electron chi connectivity index (χ2n) is 5.57. The summed E-state index contributed by atoms with van der Waals surface area (Å²) in [7, 11) is -3.69. The van der Waals surface area contributed by atoms with Gasteiger partial charge in [-0.2, -0.15) is 0 Å². The van der Waals surface area contributed by atoms with Crippen molar-refractivity contribution in [1.82, 2.24) is 0 Å². The predicted octanol–water partition coefficient (Wildman–Crippen LogP) is 2.39. The van der Waals surface area contributed by atoms with Gasteiger partial charge in [-0.15, -0.1) is 0 Å². The molecule has 0 saturated carbocycles. The summed E-state index contributed by atoms with van der Waals surface area (Å²) in [6, 6.07) is 3.05. The SMILES string of the molecule is Cc1cc(S(N)(=O)=O)cc(C)c1OCCOCCC(C)C. The van der Waals surface area contributed by atoms with Gasteiger partial charge in [0, 0.05) is 6.61 Å². The zero-order chi connectivity index (χ0) is 16.0. The zero-order valence-electron chi connectivity index (χ0n) is 13.2. The van der Waals surface area contributed by atoms with Crippen molar-refractivity contribution in [3.8, 4) is 5.75 Å². The number of aryl methyl sites for hydroxylation is 2.